The number of pyridine rings is 1. The van der Waals surface area contributed by atoms with Crippen LogP contribution in [-0.2, 0) is 4.79 Å². The van der Waals surface area contributed by atoms with Crippen molar-refractivity contribution in [3.63, 3.8) is 0 Å². The minimum atomic E-state index is -0.728. The van der Waals surface area contributed by atoms with Crippen molar-refractivity contribution in [1.29, 1.82) is 0 Å². The van der Waals surface area contributed by atoms with Crippen molar-refractivity contribution in [2.45, 2.75) is 20.3 Å². The molecule has 0 saturated carbocycles. The van der Waals surface area contributed by atoms with Gasteiger partial charge in [-0.25, -0.2) is 0 Å². The average molecular weight is 269 g/mol. The molecule has 4 nitrogen and oxygen atoms in total. The Morgan fingerprint density at radius 1 is 1.56 bits per heavy atom. The number of aryl methyl sites for hydroxylation is 1. The molecule has 2 unspecified atom stereocenters. The maximum Gasteiger partial charge on any atom is 0.308 e. The Kier molecular flexibility index (Phi) is 3.76. The van der Waals surface area contributed by atoms with Gasteiger partial charge in [-0.3, -0.25) is 9.78 Å². The molecule has 0 bridgehead atoms. The molecule has 0 aromatic carbocycles. The Labute approximate surface area is 112 Å². The van der Waals surface area contributed by atoms with E-state index in [4.69, 9.17) is 11.6 Å². The zero-order valence-corrected chi connectivity index (χ0v) is 11.3. The molecule has 0 aliphatic carbocycles. The first-order valence-corrected chi connectivity index (χ1v) is 6.45. The number of rotatable bonds is 2. The first-order valence-electron chi connectivity index (χ1n) is 6.08. The SMILES string of the molecule is Cc1nccc(N2CC(C)CC(C(=O)O)C2)c1Cl. The predicted octanol–water partition coefficient (Wildman–Crippen LogP) is 2.59. The van der Waals surface area contributed by atoms with Crippen LogP contribution in [0.25, 0.3) is 0 Å². The fourth-order valence-corrected chi connectivity index (χ4v) is 2.74. The van der Waals surface area contributed by atoms with Crippen molar-refractivity contribution in [2.75, 3.05) is 18.0 Å². The van der Waals surface area contributed by atoms with Gasteiger partial charge in [-0.2, -0.15) is 0 Å². The van der Waals surface area contributed by atoms with Gasteiger partial charge in [0, 0.05) is 19.3 Å². The van der Waals surface area contributed by atoms with Crippen molar-refractivity contribution in [1.82, 2.24) is 4.98 Å². The van der Waals surface area contributed by atoms with Crippen LogP contribution in [0.3, 0.4) is 0 Å². The lowest BCUT2D eigenvalue weighted by molar-refractivity contribution is -0.142. The smallest absolute Gasteiger partial charge is 0.308 e. The molecule has 5 heteroatoms. The highest BCUT2D eigenvalue weighted by atomic mass is 35.5. The number of halogens is 1. The van der Waals surface area contributed by atoms with E-state index in [1.807, 2.05) is 13.0 Å². The van der Waals surface area contributed by atoms with Crippen LogP contribution in [0.4, 0.5) is 5.69 Å². The van der Waals surface area contributed by atoms with E-state index in [0.29, 0.717) is 17.5 Å². The molecule has 0 spiro atoms. The van der Waals surface area contributed by atoms with Gasteiger partial charge >= 0.3 is 5.97 Å². The molecule has 0 radical (unpaired) electrons. The number of hydrogen-bond acceptors (Lipinski definition) is 3. The number of aliphatic carboxylic acids is 1. The summed E-state index contributed by atoms with van der Waals surface area (Å²) in [6.45, 7) is 5.29. The fraction of sp³-hybridized carbons (Fsp3) is 0.538. The highest BCUT2D eigenvalue weighted by molar-refractivity contribution is 6.33. The first-order chi connectivity index (χ1) is 8.49. The van der Waals surface area contributed by atoms with Crippen LogP contribution < -0.4 is 4.90 Å². The normalized spacial score (nSPS) is 24.1. The van der Waals surface area contributed by atoms with E-state index in [-0.39, 0.29) is 5.92 Å². The molecular weight excluding hydrogens is 252 g/mol. The molecule has 1 fully saturated rings. The van der Waals surface area contributed by atoms with Gasteiger partial charge in [0.05, 0.1) is 22.3 Å². The molecule has 1 N–H and O–H groups in total. The number of hydrogen-bond donors (Lipinski definition) is 1. The van der Waals surface area contributed by atoms with Gasteiger partial charge in [0.2, 0.25) is 0 Å². The molecule has 2 atom stereocenters. The highest BCUT2D eigenvalue weighted by Gasteiger charge is 2.30. The summed E-state index contributed by atoms with van der Waals surface area (Å²) in [7, 11) is 0. The monoisotopic (exact) mass is 268 g/mol. The van der Waals surface area contributed by atoms with Crippen molar-refractivity contribution in [2.24, 2.45) is 11.8 Å². The van der Waals surface area contributed by atoms with E-state index in [2.05, 4.69) is 16.8 Å². The summed E-state index contributed by atoms with van der Waals surface area (Å²) < 4.78 is 0. The molecule has 1 aromatic rings. The van der Waals surface area contributed by atoms with Gasteiger partial charge in [-0.1, -0.05) is 18.5 Å². The second kappa shape index (κ2) is 5.14. The maximum atomic E-state index is 11.2. The zero-order chi connectivity index (χ0) is 13.3. The van der Waals surface area contributed by atoms with E-state index in [0.717, 1.165) is 24.3 Å². The quantitative estimate of drug-likeness (QED) is 0.896. The molecule has 1 aromatic heterocycles. The van der Waals surface area contributed by atoms with E-state index in [1.165, 1.54) is 0 Å². The van der Waals surface area contributed by atoms with Crippen LogP contribution in [-0.4, -0.2) is 29.1 Å². The Balaban J connectivity index is 2.27. The van der Waals surface area contributed by atoms with Crippen LogP contribution in [0.15, 0.2) is 12.3 Å². The molecule has 1 aliphatic heterocycles. The third kappa shape index (κ3) is 2.58. The van der Waals surface area contributed by atoms with Crippen LogP contribution in [0.1, 0.15) is 19.0 Å². The number of carboxylic acid groups (broad SMARTS) is 1. The van der Waals surface area contributed by atoms with E-state index in [9.17, 15) is 9.90 Å². The first kappa shape index (κ1) is 13.1. The van der Waals surface area contributed by atoms with E-state index in [1.54, 1.807) is 6.20 Å². The largest absolute Gasteiger partial charge is 0.481 e. The summed E-state index contributed by atoms with van der Waals surface area (Å²) in [6.07, 6.45) is 2.44. The highest BCUT2D eigenvalue weighted by Crippen LogP contribution is 2.32. The minimum Gasteiger partial charge on any atom is -0.481 e. The molecule has 2 rings (SSSR count). The van der Waals surface area contributed by atoms with Crippen molar-refractivity contribution < 1.29 is 9.90 Å². The van der Waals surface area contributed by atoms with Crippen LogP contribution in [0, 0.1) is 18.8 Å². The van der Waals surface area contributed by atoms with E-state index >= 15 is 0 Å². The fourth-order valence-electron chi connectivity index (χ4n) is 2.51. The summed E-state index contributed by atoms with van der Waals surface area (Å²) in [6, 6.07) is 1.85. The summed E-state index contributed by atoms with van der Waals surface area (Å²) in [5, 5.41) is 9.79. The Bertz CT molecular complexity index is 464. The number of aromatic nitrogens is 1. The third-order valence-corrected chi connectivity index (χ3v) is 3.86. The topological polar surface area (TPSA) is 53.4 Å². The zero-order valence-electron chi connectivity index (χ0n) is 10.6. The minimum absolute atomic E-state index is 0.321. The van der Waals surface area contributed by atoms with Crippen LogP contribution in [0.5, 0.6) is 0 Å². The van der Waals surface area contributed by atoms with Gasteiger partial charge < -0.3 is 10.0 Å². The van der Waals surface area contributed by atoms with Crippen LogP contribution in [0.2, 0.25) is 5.02 Å². The van der Waals surface area contributed by atoms with Crippen molar-refractivity contribution in [3.05, 3.63) is 23.0 Å². The van der Waals surface area contributed by atoms with Gasteiger partial charge in [-0.15, -0.1) is 0 Å². The molecule has 98 valence electrons. The maximum absolute atomic E-state index is 11.2. The second-order valence-electron chi connectivity index (χ2n) is 5.01. The lowest BCUT2D eigenvalue weighted by atomic mass is 9.90. The predicted molar refractivity (Wildman–Crippen MR) is 71.1 cm³/mol. The lowest BCUT2D eigenvalue weighted by Crippen LogP contribution is -2.42. The Morgan fingerprint density at radius 3 is 2.94 bits per heavy atom. The van der Waals surface area contributed by atoms with Gasteiger partial charge in [0.25, 0.3) is 0 Å². The molecular formula is C13H17ClN2O2. The van der Waals surface area contributed by atoms with Gasteiger partial charge in [0.1, 0.15) is 0 Å². The standard InChI is InChI=1S/C13H17ClN2O2/c1-8-5-10(13(17)18)7-16(6-8)11-3-4-15-9(2)12(11)14/h3-4,8,10H,5-7H2,1-2H3,(H,17,18). The number of carboxylic acids is 1. The summed E-state index contributed by atoms with van der Waals surface area (Å²) >= 11 is 6.25. The number of piperidine rings is 1. The summed E-state index contributed by atoms with van der Waals surface area (Å²) in [5.74, 6) is -0.698. The van der Waals surface area contributed by atoms with Gasteiger partial charge in [0.15, 0.2) is 0 Å². The molecule has 2 heterocycles. The Hall–Kier alpha value is -1.29. The summed E-state index contributed by atoms with van der Waals surface area (Å²) in [4.78, 5) is 17.3. The molecule has 18 heavy (non-hydrogen) atoms. The molecule has 0 amide bonds. The second-order valence-corrected chi connectivity index (χ2v) is 5.39. The summed E-state index contributed by atoms with van der Waals surface area (Å²) in [5.41, 5.74) is 1.67. The number of nitrogens with zero attached hydrogens (tertiary/aromatic N) is 2. The van der Waals surface area contributed by atoms with Crippen molar-refractivity contribution in [3.8, 4) is 0 Å². The third-order valence-electron chi connectivity index (χ3n) is 3.39. The molecule has 1 saturated heterocycles. The average Bonchev–Trinajstić information content (AvgIpc) is 2.31. The van der Waals surface area contributed by atoms with Crippen molar-refractivity contribution >= 4 is 23.3 Å². The van der Waals surface area contributed by atoms with E-state index < -0.39 is 5.97 Å². The van der Waals surface area contributed by atoms with Gasteiger partial charge in [-0.05, 0) is 25.3 Å². The van der Waals surface area contributed by atoms with Crippen LogP contribution >= 0.6 is 11.6 Å². The molecule has 1 aliphatic rings. The Morgan fingerprint density at radius 2 is 2.28 bits per heavy atom. The number of anilines is 1. The number of carbonyl (C=O) groups is 1. The lowest BCUT2D eigenvalue weighted by Gasteiger charge is -2.36.